The van der Waals surface area contributed by atoms with Gasteiger partial charge in [-0.1, -0.05) is 12.1 Å². The molecule has 4 heterocycles. The van der Waals surface area contributed by atoms with Crippen LogP contribution in [0.1, 0.15) is 35.8 Å². The lowest BCUT2D eigenvalue weighted by Gasteiger charge is -2.32. The summed E-state index contributed by atoms with van der Waals surface area (Å²) < 4.78 is 2.10. The summed E-state index contributed by atoms with van der Waals surface area (Å²) in [6.07, 6.45) is 8.12. The number of piperidine rings is 1. The molecule has 0 amide bonds. The van der Waals surface area contributed by atoms with E-state index in [0.29, 0.717) is 5.92 Å². The number of imidazole rings is 1. The Morgan fingerprint density at radius 2 is 2.08 bits per heavy atom. The Kier molecular flexibility index (Phi) is 4.80. The van der Waals surface area contributed by atoms with Crippen molar-refractivity contribution in [3.63, 3.8) is 0 Å². The Morgan fingerprint density at radius 3 is 2.85 bits per heavy atom. The van der Waals surface area contributed by atoms with Crippen LogP contribution in [0.15, 0.2) is 48.9 Å². The van der Waals surface area contributed by atoms with Gasteiger partial charge in [-0.3, -0.25) is 14.9 Å². The van der Waals surface area contributed by atoms with E-state index in [1.165, 1.54) is 24.1 Å². The van der Waals surface area contributed by atoms with Crippen LogP contribution in [0.4, 0.5) is 0 Å². The highest BCUT2D eigenvalue weighted by molar-refractivity contribution is 5.54. The first kappa shape index (κ1) is 16.9. The number of pyridine rings is 2. The third-order valence-electron chi connectivity index (χ3n) is 5.31. The maximum Gasteiger partial charge on any atom is 0.105 e. The third kappa shape index (κ3) is 3.53. The number of hydrogen-bond donors (Lipinski definition) is 0. The molecule has 4 rings (SSSR count). The molecule has 26 heavy (non-hydrogen) atoms. The SMILES string of the molecule is Cc1ncc(-c2cccc([C@H]3CCCN(Cc4cccnc4)C3)n2)n1C. The van der Waals surface area contributed by atoms with E-state index >= 15 is 0 Å². The summed E-state index contributed by atoms with van der Waals surface area (Å²) in [5.74, 6) is 1.49. The van der Waals surface area contributed by atoms with Crippen LogP contribution in [0, 0.1) is 6.92 Å². The Bertz CT molecular complexity index is 871. The predicted octanol–water partition coefficient (Wildman–Crippen LogP) is 3.57. The minimum absolute atomic E-state index is 0.481. The zero-order chi connectivity index (χ0) is 17.9. The van der Waals surface area contributed by atoms with E-state index < -0.39 is 0 Å². The van der Waals surface area contributed by atoms with E-state index in [0.717, 1.165) is 36.8 Å². The lowest BCUT2D eigenvalue weighted by molar-refractivity contribution is 0.198. The lowest BCUT2D eigenvalue weighted by atomic mass is 9.93. The van der Waals surface area contributed by atoms with Crippen molar-refractivity contribution in [3.05, 3.63) is 66.0 Å². The number of nitrogens with zero attached hydrogens (tertiary/aromatic N) is 5. The van der Waals surface area contributed by atoms with Crippen molar-refractivity contribution in [1.29, 1.82) is 0 Å². The summed E-state index contributed by atoms with van der Waals surface area (Å²) in [6.45, 7) is 5.18. The van der Waals surface area contributed by atoms with Crippen molar-refractivity contribution in [2.45, 2.75) is 32.2 Å². The van der Waals surface area contributed by atoms with Gasteiger partial charge in [-0.2, -0.15) is 0 Å². The van der Waals surface area contributed by atoms with Crippen molar-refractivity contribution in [1.82, 2.24) is 24.4 Å². The van der Waals surface area contributed by atoms with Gasteiger partial charge in [0.2, 0.25) is 0 Å². The smallest absolute Gasteiger partial charge is 0.105 e. The molecule has 3 aromatic rings. The fraction of sp³-hybridized carbons (Fsp3) is 0.381. The first-order chi connectivity index (χ1) is 12.7. The molecule has 1 fully saturated rings. The highest BCUT2D eigenvalue weighted by atomic mass is 15.1. The molecule has 0 spiro atoms. The van der Waals surface area contributed by atoms with Crippen LogP contribution >= 0.6 is 0 Å². The second-order valence-corrected chi connectivity index (χ2v) is 7.13. The number of hydrogen-bond acceptors (Lipinski definition) is 4. The molecule has 1 aliphatic rings. The minimum Gasteiger partial charge on any atom is -0.330 e. The fourth-order valence-corrected chi connectivity index (χ4v) is 3.75. The Balaban J connectivity index is 1.52. The molecular formula is C21H25N5. The lowest BCUT2D eigenvalue weighted by Crippen LogP contribution is -2.34. The molecule has 0 radical (unpaired) electrons. The normalized spacial score (nSPS) is 18.2. The topological polar surface area (TPSA) is 46.8 Å². The van der Waals surface area contributed by atoms with Crippen LogP contribution in [-0.4, -0.2) is 37.5 Å². The summed E-state index contributed by atoms with van der Waals surface area (Å²) in [6, 6.07) is 10.5. The van der Waals surface area contributed by atoms with Crippen LogP contribution in [0.5, 0.6) is 0 Å². The van der Waals surface area contributed by atoms with E-state index in [2.05, 4.69) is 43.7 Å². The zero-order valence-electron chi connectivity index (χ0n) is 15.5. The zero-order valence-corrected chi connectivity index (χ0v) is 15.5. The maximum absolute atomic E-state index is 4.98. The van der Waals surface area contributed by atoms with Crippen molar-refractivity contribution in [3.8, 4) is 11.4 Å². The molecular weight excluding hydrogens is 322 g/mol. The van der Waals surface area contributed by atoms with E-state index in [9.17, 15) is 0 Å². The molecule has 1 atom stereocenters. The van der Waals surface area contributed by atoms with E-state index in [1.54, 1.807) is 0 Å². The summed E-state index contributed by atoms with van der Waals surface area (Å²) in [7, 11) is 2.04. The van der Waals surface area contributed by atoms with Gasteiger partial charge in [0.15, 0.2) is 0 Å². The molecule has 0 unspecified atom stereocenters. The van der Waals surface area contributed by atoms with Gasteiger partial charge in [0.25, 0.3) is 0 Å². The molecule has 1 saturated heterocycles. The van der Waals surface area contributed by atoms with Gasteiger partial charge in [0.1, 0.15) is 5.82 Å². The molecule has 5 nitrogen and oxygen atoms in total. The van der Waals surface area contributed by atoms with E-state index in [4.69, 9.17) is 4.98 Å². The van der Waals surface area contributed by atoms with Gasteiger partial charge in [0, 0.05) is 44.1 Å². The molecule has 3 aromatic heterocycles. The fourth-order valence-electron chi connectivity index (χ4n) is 3.75. The van der Waals surface area contributed by atoms with Crippen LogP contribution in [0.25, 0.3) is 11.4 Å². The predicted molar refractivity (Wildman–Crippen MR) is 103 cm³/mol. The van der Waals surface area contributed by atoms with Crippen molar-refractivity contribution in [2.24, 2.45) is 7.05 Å². The van der Waals surface area contributed by atoms with Gasteiger partial charge in [-0.15, -0.1) is 0 Å². The second-order valence-electron chi connectivity index (χ2n) is 7.13. The maximum atomic E-state index is 4.98. The summed E-state index contributed by atoms with van der Waals surface area (Å²) in [4.78, 5) is 16.1. The van der Waals surface area contributed by atoms with Crippen molar-refractivity contribution in [2.75, 3.05) is 13.1 Å². The summed E-state index contributed by atoms with van der Waals surface area (Å²) in [5.41, 5.74) is 4.56. The third-order valence-corrected chi connectivity index (χ3v) is 5.31. The van der Waals surface area contributed by atoms with Crippen LogP contribution in [0.3, 0.4) is 0 Å². The average Bonchev–Trinajstić information content (AvgIpc) is 3.02. The van der Waals surface area contributed by atoms with Crippen molar-refractivity contribution >= 4 is 0 Å². The van der Waals surface area contributed by atoms with Gasteiger partial charge in [0.05, 0.1) is 17.6 Å². The minimum atomic E-state index is 0.481. The van der Waals surface area contributed by atoms with Gasteiger partial charge in [-0.25, -0.2) is 4.98 Å². The number of aromatic nitrogens is 4. The molecule has 0 N–H and O–H groups in total. The van der Waals surface area contributed by atoms with Crippen LogP contribution in [0.2, 0.25) is 0 Å². The monoisotopic (exact) mass is 347 g/mol. The molecule has 0 aliphatic carbocycles. The Labute approximate surface area is 154 Å². The first-order valence-corrected chi connectivity index (χ1v) is 9.27. The average molecular weight is 347 g/mol. The number of likely N-dealkylation sites (tertiary alicyclic amines) is 1. The van der Waals surface area contributed by atoms with Crippen LogP contribution < -0.4 is 0 Å². The standard InChI is InChI=1S/C21H25N5/c1-16-23-13-21(25(16)2)20-9-3-8-19(24-20)18-7-5-11-26(15-18)14-17-6-4-10-22-12-17/h3-4,6,8-10,12-13,18H,5,7,11,14-15H2,1-2H3/t18-/m0/s1. The first-order valence-electron chi connectivity index (χ1n) is 9.27. The van der Waals surface area contributed by atoms with Gasteiger partial charge in [-0.05, 0) is 50.1 Å². The number of rotatable bonds is 4. The van der Waals surface area contributed by atoms with Crippen LogP contribution in [-0.2, 0) is 13.6 Å². The number of aryl methyl sites for hydroxylation is 1. The quantitative estimate of drug-likeness (QED) is 0.724. The molecule has 1 aliphatic heterocycles. The highest BCUT2D eigenvalue weighted by Crippen LogP contribution is 2.28. The van der Waals surface area contributed by atoms with Gasteiger partial charge < -0.3 is 4.57 Å². The van der Waals surface area contributed by atoms with Gasteiger partial charge >= 0.3 is 0 Å². The van der Waals surface area contributed by atoms with E-state index in [-0.39, 0.29) is 0 Å². The molecule has 0 bridgehead atoms. The summed E-state index contributed by atoms with van der Waals surface area (Å²) in [5, 5.41) is 0. The van der Waals surface area contributed by atoms with E-state index in [1.807, 2.05) is 38.6 Å². The van der Waals surface area contributed by atoms with Crippen molar-refractivity contribution < 1.29 is 0 Å². The molecule has 0 aromatic carbocycles. The molecule has 134 valence electrons. The second kappa shape index (κ2) is 7.38. The molecule has 0 saturated carbocycles. The molecule has 5 heteroatoms. The Hall–Kier alpha value is -2.53. The Morgan fingerprint density at radius 1 is 1.15 bits per heavy atom. The summed E-state index contributed by atoms with van der Waals surface area (Å²) >= 11 is 0. The highest BCUT2D eigenvalue weighted by Gasteiger charge is 2.23. The largest absolute Gasteiger partial charge is 0.330 e.